The van der Waals surface area contributed by atoms with Gasteiger partial charge in [-0.15, -0.1) is 0 Å². The Morgan fingerprint density at radius 3 is 2.28 bits per heavy atom. The number of amides is 1. The quantitative estimate of drug-likeness (QED) is 0.634. The first-order chi connectivity index (χ1) is 12.0. The first-order valence-corrected chi connectivity index (χ1v) is 8.24. The van der Waals surface area contributed by atoms with Gasteiger partial charge in [0.1, 0.15) is 17.4 Å². The van der Waals surface area contributed by atoms with Gasteiger partial charge >= 0.3 is 0 Å². The first kappa shape index (κ1) is 18.3. The predicted molar refractivity (Wildman–Crippen MR) is 98.8 cm³/mol. The maximum absolute atomic E-state index is 12.3. The van der Waals surface area contributed by atoms with Crippen LogP contribution in [0.4, 0.5) is 0 Å². The molecule has 2 aromatic carbocycles. The van der Waals surface area contributed by atoms with Crippen molar-refractivity contribution in [2.24, 2.45) is 0 Å². The lowest BCUT2D eigenvalue weighted by atomic mass is 10.1. The number of rotatable bonds is 6. The van der Waals surface area contributed by atoms with Crippen LogP contribution in [0, 0.1) is 11.3 Å². The summed E-state index contributed by atoms with van der Waals surface area (Å²) < 4.78 is 5.58. The summed E-state index contributed by atoms with van der Waals surface area (Å²) in [5.41, 5.74) is 1.83. The average molecular weight is 334 g/mol. The Balaban J connectivity index is 2.09. The summed E-state index contributed by atoms with van der Waals surface area (Å²) in [5, 5.41) is 12.2. The van der Waals surface area contributed by atoms with Gasteiger partial charge in [0.15, 0.2) is 0 Å². The number of ether oxygens (including phenoxy) is 1. The van der Waals surface area contributed by atoms with Gasteiger partial charge in [0.25, 0.3) is 5.91 Å². The van der Waals surface area contributed by atoms with E-state index in [4.69, 9.17) is 4.74 Å². The molecule has 25 heavy (non-hydrogen) atoms. The van der Waals surface area contributed by atoms with Crippen molar-refractivity contribution in [2.75, 3.05) is 0 Å². The fourth-order valence-electron chi connectivity index (χ4n) is 2.33. The molecule has 1 N–H and O–H groups in total. The van der Waals surface area contributed by atoms with Crippen molar-refractivity contribution < 1.29 is 9.53 Å². The fraction of sp³-hybridized carbons (Fsp3) is 0.238. The van der Waals surface area contributed by atoms with Gasteiger partial charge in [-0.05, 0) is 50.1 Å². The largest absolute Gasteiger partial charge is 0.491 e. The molecule has 0 radical (unpaired) electrons. The van der Waals surface area contributed by atoms with Crippen molar-refractivity contribution in [2.45, 2.75) is 32.9 Å². The van der Waals surface area contributed by atoms with Gasteiger partial charge < -0.3 is 10.1 Å². The first-order valence-electron chi connectivity index (χ1n) is 8.24. The molecule has 0 aliphatic carbocycles. The van der Waals surface area contributed by atoms with Gasteiger partial charge in [0.2, 0.25) is 0 Å². The van der Waals surface area contributed by atoms with E-state index in [-0.39, 0.29) is 23.6 Å². The van der Waals surface area contributed by atoms with Crippen molar-refractivity contribution in [3.63, 3.8) is 0 Å². The molecule has 0 aliphatic heterocycles. The average Bonchev–Trinajstić information content (AvgIpc) is 2.61. The van der Waals surface area contributed by atoms with E-state index in [1.54, 1.807) is 6.08 Å². The highest BCUT2D eigenvalue weighted by molar-refractivity contribution is 6.01. The second kappa shape index (κ2) is 8.70. The number of benzene rings is 2. The number of carbonyl (C=O) groups is 1. The van der Waals surface area contributed by atoms with Gasteiger partial charge in [0, 0.05) is 0 Å². The van der Waals surface area contributed by atoms with Gasteiger partial charge in [-0.25, -0.2) is 0 Å². The summed E-state index contributed by atoms with van der Waals surface area (Å²) in [7, 11) is 0. The van der Waals surface area contributed by atoms with E-state index in [1.807, 2.05) is 81.4 Å². The van der Waals surface area contributed by atoms with E-state index in [0.29, 0.717) is 0 Å². The van der Waals surface area contributed by atoms with Crippen molar-refractivity contribution in [1.82, 2.24) is 5.32 Å². The van der Waals surface area contributed by atoms with E-state index < -0.39 is 0 Å². The van der Waals surface area contributed by atoms with Crippen molar-refractivity contribution in [3.8, 4) is 11.8 Å². The van der Waals surface area contributed by atoms with Crippen LogP contribution in [0.1, 0.15) is 37.9 Å². The molecule has 4 heteroatoms. The topological polar surface area (TPSA) is 62.1 Å². The van der Waals surface area contributed by atoms with Crippen LogP contribution in [0.3, 0.4) is 0 Å². The van der Waals surface area contributed by atoms with Crippen molar-refractivity contribution in [3.05, 3.63) is 71.3 Å². The van der Waals surface area contributed by atoms with E-state index >= 15 is 0 Å². The number of hydrogen-bond acceptors (Lipinski definition) is 3. The zero-order chi connectivity index (χ0) is 18.2. The molecule has 0 saturated carbocycles. The molecule has 0 heterocycles. The van der Waals surface area contributed by atoms with Crippen LogP contribution in [0.5, 0.6) is 5.75 Å². The van der Waals surface area contributed by atoms with Crippen molar-refractivity contribution in [1.29, 1.82) is 5.26 Å². The van der Waals surface area contributed by atoms with Crippen LogP contribution in [-0.2, 0) is 4.79 Å². The van der Waals surface area contributed by atoms with Gasteiger partial charge in [0.05, 0.1) is 12.1 Å². The summed E-state index contributed by atoms with van der Waals surface area (Å²) in [6.07, 6.45) is 1.67. The van der Waals surface area contributed by atoms with Crippen molar-refractivity contribution >= 4 is 12.0 Å². The molecule has 0 fully saturated rings. The molecule has 0 aromatic heterocycles. The third-order valence-electron chi connectivity index (χ3n) is 3.58. The van der Waals surface area contributed by atoms with E-state index in [0.717, 1.165) is 16.9 Å². The Morgan fingerprint density at radius 1 is 1.08 bits per heavy atom. The lowest BCUT2D eigenvalue weighted by molar-refractivity contribution is -0.117. The Kier molecular flexibility index (Phi) is 6.36. The van der Waals surface area contributed by atoms with Crippen LogP contribution in [-0.4, -0.2) is 12.0 Å². The third-order valence-corrected chi connectivity index (χ3v) is 3.58. The molecule has 2 aromatic rings. The lowest BCUT2D eigenvalue weighted by Crippen LogP contribution is -2.27. The number of nitriles is 1. The fourth-order valence-corrected chi connectivity index (χ4v) is 2.33. The molecule has 1 amide bonds. The molecule has 0 bridgehead atoms. The second-order valence-corrected chi connectivity index (χ2v) is 6.01. The molecule has 4 nitrogen and oxygen atoms in total. The Labute approximate surface area is 148 Å². The third kappa shape index (κ3) is 5.50. The maximum atomic E-state index is 12.3. The van der Waals surface area contributed by atoms with E-state index in [1.165, 1.54) is 0 Å². The standard InChI is InChI=1S/C21H22N2O2/c1-15(2)25-20-11-9-17(10-12-20)13-19(14-22)21(24)23-16(3)18-7-5-4-6-8-18/h4-13,15-16H,1-3H3,(H,23,24)/b19-13+/t16-/m0/s1. The molecule has 0 unspecified atom stereocenters. The highest BCUT2D eigenvalue weighted by Gasteiger charge is 2.13. The minimum atomic E-state index is -0.388. The number of hydrogen-bond donors (Lipinski definition) is 1. The number of nitrogens with one attached hydrogen (secondary N) is 1. The SMILES string of the molecule is CC(C)Oc1ccc(/C=C(\C#N)C(=O)N[C@@H](C)c2ccccc2)cc1. The summed E-state index contributed by atoms with van der Waals surface area (Å²) in [6, 6.07) is 18.7. The highest BCUT2D eigenvalue weighted by Crippen LogP contribution is 2.17. The minimum absolute atomic E-state index is 0.0697. The van der Waals surface area contributed by atoms with Gasteiger partial charge in [-0.1, -0.05) is 42.5 Å². The molecule has 128 valence electrons. The zero-order valence-electron chi connectivity index (χ0n) is 14.7. The monoisotopic (exact) mass is 334 g/mol. The second-order valence-electron chi connectivity index (χ2n) is 6.01. The van der Waals surface area contributed by atoms with Gasteiger partial charge in [-0.2, -0.15) is 5.26 Å². The predicted octanol–water partition coefficient (Wildman–Crippen LogP) is 4.26. The van der Waals surface area contributed by atoms with Crippen LogP contribution >= 0.6 is 0 Å². The lowest BCUT2D eigenvalue weighted by Gasteiger charge is -2.13. The normalized spacial score (nSPS) is 12.4. The maximum Gasteiger partial charge on any atom is 0.262 e. The van der Waals surface area contributed by atoms with Gasteiger partial charge in [-0.3, -0.25) is 4.79 Å². The zero-order valence-corrected chi connectivity index (χ0v) is 14.7. The highest BCUT2D eigenvalue weighted by atomic mass is 16.5. The molecule has 0 saturated heterocycles. The van der Waals surface area contributed by atoms with Crippen LogP contribution in [0.25, 0.3) is 6.08 Å². The molecule has 2 rings (SSSR count). The number of nitrogens with zero attached hydrogens (tertiary/aromatic N) is 1. The Bertz CT molecular complexity index is 772. The smallest absolute Gasteiger partial charge is 0.262 e. The minimum Gasteiger partial charge on any atom is -0.491 e. The molecule has 1 atom stereocenters. The molecular formula is C21H22N2O2. The van der Waals surface area contributed by atoms with E-state index in [9.17, 15) is 10.1 Å². The Hall–Kier alpha value is -3.06. The molecule has 0 spiro atoms. The van der Waals surface area contributed by atoms with Crippen LogP contribution < -0.4 is 10.1 Å². The van der Waals surface area contributed by atoms with Crippen LogP contribution in [0.15, 0.2) is 60.2 Å². The summed E-state index contributed by atoms with van der Waals surface area (Å²) in [6.45, 7) is 5.81. The summed E-state index contributed by atoms with van der Waals surface area (Å²) in [4.78, 5) is 12.3. The summed E-state index contributed by atoms with van der Waals surface area (Å²) >= 11 is 0. The van der Waals surface area contributed by atoms with E-state index in [2.05, 4.69) is 5.32 Å². The Morgan fingerprint density at radius 2 is 1.72 bits per heavy atom. The molecular weight excluding hydrogens is 312 g/mol. The number of carbonyl (C=O) groups excluding carboxylic acids is 1. The van der Waals surface area contributed by atoms with Crippen LogP contribution in [0.2, 0.25) is 0 Å². The summed E-state index contributed by atoms with van der Waals surface area (Å²) in [5.74, 6) is 0.370. The molecule has 0 aliphatic rings.